The van der Waals surface area contributed by atoms with E-state index in [-0.39, 0.29) is 24.3 Å². The van der Waals surface area contributed by atoms with Crippen LogP contribution in [0.1, 0.15) is 128 Å². The minimum absolute atomic E-state index is 0.0242. The Bertz CT molecular complexity index is 667. The monoisotopic (exact) mass is 458 g/mol. The second-order valence-corrected chi connectivity index (χ2v) is 9.95. The average Bonchev–Trinajstić information content (AvgIpc) is 2.84. The van der Waals surface area contributed by atoms with Crippen molar-refractivity contribution >= 4 is 5.97 Å². The summed E-state index contributed by atoms with van der Waals surface area (Å²) < 4.78 is 18.1. The molecular formula is C29H46O4. The Morgan fingerprint density at radius 2 is 1.58 bits per heavy atom. The highest BCUT2D eigenvalue weighted by molar-refractivity contribution is 5.69. The maximum Gasteiger partial charge on any atom is 0.306 e. The van der Waals surface area contributed by atoms with Crippen LogP contribution in [-0.4, -0.2) is 25.0 Å². The van der Waals surface area contributed by atoms with Crippen molar-refractivity contribution < 1.29 is 19.0 Å². The van der Waals surface area contributed by atoms with Crippen LogP contribution in [0.4, 0.5) is 0 Å². The second kappa shape index (κ2) is 15.4. The highest BCUT2D eigenvalue weighted by Gasteiger charge is 2.32. The highest BCUT2D eigenvalue weighted by Crippen LogP contribution is 2.40. The molecule has 0 amide bonds. The van der Waals surface area contributed by atoms with Crippen LogP contribution in [0.3, 0.4) is 0 Å². The van der Waals surface area contributed by atoms with Gasteiger partial charge in [-0.3, -0.25) is 4.79 Å². The van der Waals surface area contributed by atoms with Crippen molar-refractivity contribution in [2.45, 2.75) is 134 Å². The molecule has 0 radical (unpaired) electrons. The average molecular weight is 459 g/mol. The van der Waals surface area contributed by atoms with Crippen molar-refractivity contribution in [3.63, 3.8) is 0 Å². The van der Waals surface area contributed by atoms with Crippen molar-refractivity contribution in [1.82, 2.24) is 0 Å². The molecule has 1 aliphatic heterocycles. The molecule has 1 saturated carbocycles. The molecule has 1 aromatic rings. The summed E-state index contributed by atoms with van der Waals surface area (Å²) >= 11 is 0. The van der Waals surface area contributed by atoms with Gasteiger partial charge in [-0.25, -0.2) is 0 Å². The van der Waals surface area contributed by atoms with Crippen LogP contribution >= 0.6 is 0 Å². The van der Waals surface area contributed by atoms with Crippen LogP contribution in [0.2, 0.25) is 0 Å². The largest absolute Gasteiger partial charge is 0.465 e. The van der Waals surface area contributed by atoms with Gasteiger partial charge in [-0.15, -0.1) is 0 Å². The zero-order valence-corrected chi connectivity index (χ0v) is 20.9. The summed E-state index contributed by atoms with van der Waals surface area (Å²) in [6.45, 7) is 3.03. The fraction of sp³-hybridized carbons (Fsp3) is 0.759. The molecule has 1 unspecified atom stereocenters. The lowest BCUT2D eigenvalue weighted by Crippen LogP contribution is -2.30. The van der Waals surface area contributed by atoms with Gasteiger partial charge in [0, 0.05) is 24.3 Å². The van der Waals surface area contributed by atoms with Gasteiger partial charge in [0.2, 0.25) is 0 Å². The first-order chi connectivity index (χ1) is 16.3. The van der Waals surface area contributed by atoms with Crippen LogP contribution in [0.15, 0.2) is 24.3 Å². The highest BCUT2D eigenvalue weighted by atomic mass is 16.7. The molecule has 1 saturated heterocycles. The van der Waals surface area contributed by atoms with Crippen molar-refractivity contribution in [1.29, 1.82) is 0 Å². The number of hydrogen-bond donors (Lipinski definition) is 0. The fourth-order valence-electron chi connectivity index (χ4n) is 5.24. The normalized spacial score (nSPS) is 23.2. The van der Waals surface area contributed by atoms with Gasteiger partial charge in [0.25, 0.3) is 0 Å². The molecule has 4 nitrogen and oxygen atoms in total. The predicted molar refractivity (Wildman–Crippen MR) is 134 cm³/mol. The second-order valence-electron chi connectivity index (χ2n) is 9.95. The smallest absolute Gasteiger partial charge is 0.306 e. The van der Waals surface area contributed by atoms with E-state index in [1.165, 1.54) is 56.9 Å². The fourth-order valence-corrected chi connectivity index (χ4v) is 5.24. The van der Waals surface area contributed by atoms with Crippen LogP contribution in [0, 0.1) is 0 Å². The molecule has 1 aromatic carbocycles. The molecule has 0 spiro atoms. The molecule has 0 aromatic heterocycles. The Hall–Kier alpha value is -1.55. The minimum atomic E-state index is -0.156. The lowest BCUT2D eigenvalue weighted by molar-refractivity contribution is -0.151. The molecule has 4 heteroatoms. The number of esters is 1. The van der Waals surface area contributed by atoms with Gasteiger partial charge in [0.15, 0.2) is 6.29 Å². The summed E-state index contributed by atoms with van der Waals surface area (Å²) in [5, 5.41) is 0. The third-order valence-corrected chi connectivity index (χ3v) is 7.18. The molecular weight excluding hydrogens is 412 g/mol. The summed E-state index contributed by atoms with van der Waals surface area (Å²) in [7, 11) is 0. The first-order valence-corrected chi connectivity index (χ1v) is 13.8. The number of unbranched alkanes of at least 4 members (excludes halogenated alkanes) is 8. The van der Waals surface area contributed by atoms with E-state index >= 15 is 0 Å². The number of para-hydroxylation sites is 1. The zero-order chi connectivity index (χ0) is 23.1. The molecule has 186 valence electrons. The van der Waals surface area contributed by atoms with Crippen molar-refractivity contribution in [2.24, 2.45) is 0 Å². The predicted octanol–water partition coefficient (Wildman–Crippen LogP) is 8.08. The van der Waals surface area contributed by atoms with Gasteiger partial charge >= 0.3 is 5.97 Å². The maximum atomic E-state index is 12.6. The third kappa shape index (κ3) is 9.31. The van der Waals surface area contributed by atoms with E-state index in [4.69, 9.17) is 14.2 Å². The lowest BCUT2D eigenvalue weighted by Gasteiger charge is -2.33. The van der Waals surface area contributed by atoms with Crippen molar-refractivity contribution in [3.8, 4) is 5.75 Å². The van der Waals surface area contributed by atoms with Gasteiger partial charge in [-0.2, -0.15) is 0 Å². The van der Waals surface area contributed by atoms with E-state index in [9.17, 15) is 4.79 Å². The number of carbonyl (C=O) groups is 1. The van der Waals surface area contributed by atoms with Crippen LogP contribution in [-0.2, 0) is 14.3 Å². The van der Waals surface area contributed by atoms with E-state index in [0.29, 0.717) is 6.42 Å². The molecule has 1 heterocycles. The molecule has 0 N–H and O–H groups in total. The van der Waals surface area contributed by atoms with Gasteiger partial charge in [0.05, 0.1) is 6.61 Å². The zero-order valence-electron chi connectivity index (χ0n) is 20.9. The Morgan fingerprint density at radius 1 is 0.879 bits per heavy atom. The van der Waals surface area contributed by atoms with Gasteiger partial charge in [-0.05, 0) is 44.6 Å². The first-order valence-electron chi connectivity index (χ1n) is 13.8. The van der Waals surface area contributed by atoms with E-state index < -0.39 is 0 Å². The van der Waals surface area contributed by atoms with Gasteiger partial charge < -0.3 is 14.2 Å². The summed E-state index contributed by atoms with van der Waals surface area (Å²) in [6, 6.07) is 8.29. The molecule has 3 atom stereocenters. The standard InChI is InChI=1S/C29H46O4/c1-2-3-4-5-6-7-8-9-10-21-28(30)32-26-19-13-11-17-24(26)25-18-12-14-20-27(25)33-29-22-15-16-23-31-29/h12,14,18,20,24,26,29H,2-11,13,15-17,19,21-23H2,1H3/t24-,26+,29?/m1/s1. The molecule has 2 aliphatic rings. The Kier molecular flexibility index (Phi) is 12.1. The van der Waals surface area contributed by atoms with Crippen LogP contribution < -0.4 is 4.74 Å². The molecule has 2 fully saturated rings. The van der Waals surface area contributed by atoms with Crippen LogP contribution in [0.25, 0.3) is 0 Å². The Morgan fingerprint density at radius 3 is 2.33 bits per heavy atom. The van der Waals surface area contributed by atoms with Crippen molar-refractivity contribution in [3.05, 3.63) is 29.8 Å². The lowest BCUT2D eigenvalue weighted by atomic mass is 9.81. The number of hydrogen-bond acceptors (Lipinski definition) is 4. The number of ether oxygens (including phenoxy) is 3. The maximum absolute atomic E-state index is 12.6. The molecule has 0 bridgehead atoms. The van der Waals surface area contributed by atoms with E-state index in [1.807, 2.05) is 12.1 Å². The molecule has 1 aliphatic carbocycles. The Labute approximate surface area is 201 Å². The summed E-state index contributed by atoms with van der Waals surface area (Å²) in [6.07, 6.45) is 19.2. The van der Waals surface area contributed by atoms with E-state index in [1.54, 1.807) is 0 Å². The number of rotatable bonds is 14. The molecule has 33 heavy (non-hydrogen) atoms. The SMILES string of the molecule is CCCCCCCCCCCC(=O)O[C@H]1CCCC[C@@H]1c1ccccc1OC1CCCCO1. The summed E-state index contributed by atoms with van der Waals surface area (Å²) in [5.41, 5.74) is 1.17. The van der Waals surface area contributed by atoms with E-state index in [0.717, 1.165) is 63.7 Å². The Balaban J connectivity index is 1.44. The van der Waals surface area contributed by atoms with Crippen LogP contribution in [0.5, 0.6) is 5.75 Å². The summed E-state index contributed by atoms with van der Waals surface area (Å²) in [5.74, 6) is 1.09. The van der Waals surface area contributed by atoms with Gasteiger partial charge in [0.1, 0.15) is 11.9 Å². The number of benzene rings is 1. The quantitative estimate of drug-likeness (QED) is 0.209. The minimum Gasteiger partial charge on any atom is -0.465 e. The van der Waals surface area contributed by atoms with E-state index in [2.05, 4.69) is 19.1 Å². The molecule has 3 rings (SSSR count). The van der Waals surface area contributed by atoms with Crippen molar-refractivity contribution in [2.75, 3.05) is 6.61 Å². The third-order valence-electron chi connectivity index (χ3n) is 7.18. The van der Waals surface area contributed by atoms with Gasteiger partial charge in [-0.1, -0.05) is 82.9 Å². The topological polar surface area (TPSA) is 44.8 Å². The first kappa shape index (κ1) is 26.1. The number of carbonyl (C=O) groups excluding carboxylic acids is 1. The summed E-state index contributed by atoms with van der Waals surface area (Å²) in [4.78, 5) is 12.6.